The molecule has 3 heterocycles. The van der Waals surface area contributed by atoms with Crippen molar-refractivity contribution in [2.45, 2.75) is 55.2 Å². The highest BCUT2D eigenvalue weighted by molar-refractivity contribution is 8.00. The van der Waals surface area contributed by atoms with Crippen LogP contribution in [0.15, 0.2) is 34.1 Å². The van der Waals surface area contributed by atoms with Gasteiger partial charge in [0.15, 0.2) is 0 Å². The number of thiazole rings is 1. The third-order valence-electron chi connectivity index (χ3n) is 5.32. The second kappa shape index (κ2) is 8.75. The number of esters is 2. The van der Waals surface area contributed by atoms with Crippen LogP contribution in [0.3, 0.4) is 0 Å². The molecule has 6 nitrogen and oxygen atoms in total. The van der Waals surface area contributed by atoms with Gasteiger partial charge in [0.05, 0.1) is 17.6 Å². The summed E-state index contributed by atoms with van der Waals surface area (Å²) in [6.45, 7) is 2.50. The van der Waals surface area contributed by atoms with Crippen molar-refractivity contribution in [2.24, 2.45) is 5.92 Å². The lowest BCUT2D eigenvalue weighted by atomic mass is 9.80. The summed E-state index contributed by atoms with van der Waals surface area (Å²) in [5, 5.41) is -0.0927. The van der Waals surface area contributed by atoms with Gasteiger partial charge in [-0.2, -0.15) is 0 Å². The normalized spacial score (nSPS) is 22.2. The molecule has 0 spiro atoms. The van der Waals surface area contributed by atoms with E-state index in [4.69, 9.17) is 9.47 Å². The van der Waals surface area contributed by atoms with Crippen molar-refractivity contribution in [1.82, 2.24) is 4.98 Å². The van der Waals surface area contributed by atoms with Gasteiger partial charge in [0, 0.05) is 16.4 Å². The number of hydrogen-bond acceptors (Lipinski definition) is 7. The van der Waals surface area contributed by atoms with Gasteiger partial charge in [-0.05, 0) is 12.5 Å². The van der Waals surface area contributed by atoms with Crippen LogP contribution in [0, 0.1) is 5.92 Å². The minimum Gasteiger partial charge on any atom is -0.465 e. The van der Waals surface area contributed by atoms with Gasteiger partial charge in [0.1, 0.15) is 11.0 Å². The molecule has 2 aliphatic heterocycles. The van der Waals surface area contributed by atoms with E-state index in [-0.39, 0.29) is 10.8 Å². The number of benzene rings is 1. The molecule has 0 amide bonds. The van der Waals surface area contributed by atoms with E-state index in [0.29, 0.717) is 17.4 Å². The van der Waals surface area contributed by atoms with Gasteiger partial charge in [-0.25, -0.2) is 0 Å². The van der Waals surface area contributed by atoms with Gasteiger partial charge in [-0.3, -0.25) is 14.4 Å². The number of carbonyl (C=O) groups excluding carboxylic acids is 2. The number of ether oxygens (including phenoxy) is 2. The Bertz CT molecular complexity index is 966. The van der Waals surface area contributed by atoms with Gasteiger partial charge < -0.3 is 14.5 Å². The van der Waals surface area contributed by atoms with Gasteiger partial charge in [0.2, 0.25) is 0 Å². The molecule has 1 aromatic carbocycles. The van der Waals surface area contributed by atoms with E-state index >= 15 is 0 Å². The summed E-state index contributed by atoms with van der Waals surface area (Å²) in [5.41, 5.74) is 0.825. The molecule has 0 unspecified atom stereocenters. The number of thioether (sulfide) groups is 1. The summed E-state index contributed by atoms with van der Waals surface area (Å²) in [6, 6.07) is 7.30. The van der Waals surface area contributed by atoms with Crippen molar-refractivity contribution in [1.29, 1.82) is 0 Å². The molecule has 1 N–H and O–H groups in total. The molecular formula is C21H23NO5S2. The summed E-state index contributed by atoms with van der Waals surface area (Å²) in [5.74, 6) is -1.47. The second-order valence-corrected chi connectivity index (χ2v) is 9.46. The van der Waals surface area contributed by atoms with Gasteiger partial charge in [-0.15, -0.1) is 0 Å². The van der Waals surface area contributed by atoms with Gasteiger partial charge in [0.25, 0.3) is 0 Å². The maximum atomic E-state index is 12.9. The molecule has 2 aliphatic rings. The molecule has 0 saturated heterocycles. The first kappa shape index (κ1) is 20.2. The highest BCUT2D eigenvalue weighted by Crippen LogP contribution is 2.53. The minimum atomic E-state index is -0.741. The fourth-order valence-corrected chi connectivity index (χ4v) is 6.37. The predicted octanol–water partition coefficient (Wildman–Crippen LogP) is 4.09. The third-order valence-corrected chi connectivity index (χ3v) is 7.71. The molecule has 0 radical (unpaired) electrons. The summed E-state index contributed by atoms with van der Waals surface area (Å²) in [6.07, 6.45) is 5.29. The van der Waals surface area contributed by atoms with Crippen LogP contribution >= 0.6 is 23.1 Å². The molecular weight excluding hydrogens is 410 g/mol. The van der Waals surface area contributed by atoms with E-state index in [1.807, 2.05) is 12.1 Å². The number of nitrogens with one attached hydrogen (secondary N) is 1. The SMILES string of the molecule is CCCCCCCOC(=O)[C@@H]1Sc2[nH]c(=O)sc2[C@@H]2c3ccccc3OC(=O)[C@@H]21. The van der Waals surface area contributed by atoms with Crippen LogP contribution in [-0.4, -0.2) is 28.8 Å². The first-order valence-corrected chi connectivity index (χ1v) is 11.7. The van der Waals surface area contributed by atoms with Crippen LogP contribution in [0.25, 0.3) is 0 Å². The number of H-pyrrole nitrogens is 1. The molecule has 154 valence electrons. The van der Waals surface area contributed by atoms with Crippen molar-refractivity contribution in [3.8, 4) is 5.75 Å². The fraction of sp³-hybridized carbons (Fsp3) is 0.476. The van der Waals surface area contributed by atoms with E-state index in [0.717, 1.165) is 47.5 Å². The first-order valence-electron chi connectivity index (χ1n) is 9.97. The summed E-state index contributed by atoms with van der Waals surface area (Å²) in [4.78, 5) is 41.2. The molecule has 8 heteroatoms. The molecule has 29 heavy (non-hydrogen) atoms. The van der Waals surface area contributed by atoms with Crippen LogP contribution in [0.1, 0.15) is 55.4 Å². The number of aromatic amines is 1. The Kier molecular flexibility index (Phi) is 6.10. The predicted molar refractivity (Wildman–Crippen MR) is 112 cm³/mol. The number of unbranched alkanes of at least 4 members (excludes halogenated alkanes) is 4. The average Bonchev–Trinajstić information content (AvgIpc) is 3.09. The number of carbonyl (C=O) groups is 2. The van der Waals surface area contributed by atoms with Crippen molar-refractivity contribution in [3.63, 3.8) is 0 Å². The zero-order valence-electron chi connectivity index (χ0n) is 16.1. The zero-order valence-corrected chi connectivity index (χ0v) is 17.8. The highest BCUT2D eigenvalue weighted by atomic mass is 32.2. The maximum absolute atomic E-state index is 12.9. The van der Waals surface area contributed by atoms with E-state index in [2.05, 4.69) is 11.9 Å². The number of fused-ring (bicyclic) bond motifs is 5. The molecule has 0 aliphatic carbocycles. The lowest BCUT2D eigenvalue weighted by Gasteiger charge is -2.37. The molecule has 3 atom stereocenters. The largest absolute Gasteiger partial charge is 0.465 e. The molecule has 4 rings (SSSR count). The van der Waals surface area contributed by atoms with Crippen LogP contribution in [-0.2, 0) is 14.3 Å². The third kappa shape index (κ3) is 4.00. The van der Waals surface area contributed by atoms with E-state index in [1.165, 1.54) is 18.2 Å². The van der Waals surface area contributed by atoms with E-state index < -0.39 is 23.1 Å². The van der Waals surface area contributed by atoms with Crippen LogP contribution < -0.4 is 9.61 Å². The zero-order chi connectivity index (χ0) is 20.4. The quantitative estimate of drug-likeness (QED) is 0.402. The molecule has 0 fully saturated rings. The first-order chi connectivity index (χ1) is 14.1. The average molecular weight is 434 g/mol. The maximum Gasteiger partial charge on any atom is 0.320 e. The second-order valence-electron chi connectivity index (χ2n) is 7.29. The van der Waals surface area contributed by atoms with Crippen LogP contribution in [0.5, 0.6) is 5.75 Å². The van der Waals surface area contributed by atoms with Crippen molar-refractivity contribution >= 4 is 35.0 Å². The van der Waals surface area contributed by atoms with Crippen LogP contribution in [0.2, 0.25) is 0 Å². The van der Waals surface area contributed by atoms with Crippen molar-refractivity contribution in [2.75, 3.05) is 6.61 Å². The Hall–Kier alpha value is -2.06. The van der Waals surface area contributed by atoms with Crippen LogP contribution in [0.4, 0.5) is 0 Å². The van der Waals surface area contributed by atoms with Gasteiger partial charge >= 0.3 is 16.8 Å². The lowest BCUT2D eigenvalue weighted by Crippen LogP contribution is -2.44. The number of rotatable bonds is 7. The Morgan fingerprint density at radius 3 is 2.79 bits per heavy atom. The van der Waals surface area contributed by atoms with Gasteiger partial charge in [-0.1, -0.05) is 73.9 Å². The number of aromatic nitrogens is 1. The molecule has 1 aromatic heterocycles. The Morgan fingerprint density at radius 2 is 1.97 bits per heavy atom. The summed E-state index contributed by atoms with van der Waals surface area (Å²) in [7, 11) is 0. The minimum absolute atomic E-state index is 0.192. The van der Waals surface area contributed by atoms with Crippen molar-refractivity contribution in [3.05, 3.63) is 44.4 Å². The molecule has 2 aromatic rings. The van der Waals surface area contributed by atoms with E-state index in [1.54, 1.807) is 12.1 Å². The smallest absolute Gasteiger partial charge is 0.320 e. The van der Waals surface area contributed by atoms with E-state index in [9.17, 15) is 14.4 Å². The topological polar surface area (TPSA) is 85.5 Å². The Morgan fingerprint density at radius 1 is 1.17 bits per heavy atom. The number of hydrogen-bond donors (Lipinski definition) is 1. The fourth-order valence-electron chi connectivity index (χ4n) is 3.91. The molecule has 0 saturated carbocycles. The lowest BCUT2D eigenvalue weighted by molar-refractivity contribution is -0.150. The standard InChI is InChI=1S/C21H23NO5S2/c1-2-3-4-5-8-11-26-20(24)17-15-14(16-18(28-17)22-21(25)29-16)12-9-6-7-10-13(12)27-19(15)23/h6-7,9-10,14-15,17H,2-5,8,11H2,1H3,(H,22,25)/t14-,15+,17-/m1/s1. The Labute approximate surface area is 177 Å². The Balaban J connectivity index is 1.58. The summed E-state index contributed by atoms with van der Waals surface area (Å²) >= 11 is 2.29. The molecule has 0 bridgehead atoms. The number of para-hydroxylation sites is 1. The highest BCUT2D eigenvalue weighted by Gasteiger charge is 2.52. The van der Waals surface area contributed by atoms with Crippen molar-refractivity contribution < 1.29 is 19.1 Å². The monoisotopic (exact) mass is 433 g/mol. The summed E-state index contributed by atoms with van der Waals surface area (Å²) < 4.78 is 11.0.